The van der Waals surface area contributed by atoms with Crippen molar-refractivity contribution in [2.75, 3.05) is 13.1 Å². The van der Waals surface area contributed by atoms with E-state index in [1.807, 2.05) is 18.2 Å². The second-order valence-electron chi connectivity index (χ2n) is 9.60. The van der Waals surface area contributed by atoms with Gasteiger partial charge in [0.25, 0.3) is 0 Å². The number of hydrogen-bond acceptors (Lipinski definition) is 4. The minimum Gasteiger partial charge on any atom is -0.292 e. The fourth-order valence-corrected chi connectivity index (χ4v) is 5.21. The molecular weight excluding hydrogens is 461 g/mol. The molecular formula is C29H23F3N4. The third-order valence-corrected chi connectivity index (χ3v) is 6.72. The fraction of sp³-hybridized carbons (Fsp3) is 0.276. The molecule has 0 unspecified atom stereocenters. The second kappa shape index (κ2) is 9.86. The molecule has 1 aliphatic rings. The van der Waals surface area contributed by atoms with Gasteiger partial charge in [0.15, 0.2) is 0 Å². The van der Waals surface area contributed by atoms with Gasteiger partial charge >= 0.3 is 0 Å². The maximum absolute atomic E-state index is 15.5. The molecule has 1 heterocycles. The van der Waals surface area contributed by atoms with Gasteiger partial charge in [-0.05, 0) is 72.9 Å². The Bertz CT molecular complexity index is 1400. The zero-order valence-electron chi connectivity index (χ0n) is 19.8. The molecule has 2 atom stereocenters. The van der Waals surface area contributed by atoms with Crippen LogP contribution in [0.25, 0.3) is 0 Å². The number of alkyl halides is 1. The smallest absolute Gasteiger partial charge is 0.144 e. The Balaban J connectivity index is 1.70. The molecule has 0 bridgehead atoms. The van der Waals surface area contributed by atoms with Crippen LogP contribution in [0.1, 0.15) is 59.2 Å². The van der Waals surface area contributed by atoms with Crippen molar-refractivity contribution >= 4 is 0 Å². The summed E-state index contributed by atoms with van der Waals surface area (Å²) >= 11 is 0. The predicted molar refractivity (Wildman–Crippen MR) is 128 cm³/mol. The first kappa shape index (κ1) is 25.0. The van der Waals surface area contributed by atoms with Crippen LogP contribution < -0.4 is 0 Å². The van der Waals surface area contributed by atoms with E-state index in [9.17, 15) is 14.9 Å². The van der Waals surface area contributed by atoms with E-state index in [1.54, 1.807) is 36.4 Å². The molecule has 0 saturated carbocycles. The summed E-state index contributed by atoms with van der Waals surface area (Å²) in [4.78, 5) is 2.09. The minimum atomic E-state index is -1.87. The number of nitrogens with zero attached hydrogens (tertiary/aromatic N) is 4. The molecule has 1 saturated heterocycles. The molecule has 4 rings (SSSR count). The first-order chi connectivity index (χ1) is 17.2. The van der Waals surface area contributed by atoms with Gasteiger partial charge < -0.3 is 0 Å². The number of halogens is 3. The average Bonchev–Trinajstić information content (AvgIpc) is 2.84. The lowest BCUT2D eigenvalue weighted by molar-refractivity contribution is 0.00700. The maximum atomic E-state index is 15.5. The van der Waals surface area contributed by atoms with Crippen molar-refractivity contribution in [3.05, 3.63) is 106 Å². The highest BCUT2D eigenvalue weighted by molar-refractivity contribution is 5.42. The van der Waals surface area contributed by atoms with Crippen LogP contribution in [0.5, 0.6) is 0 Å². The Morgan fingerprint density at radius 2 is 1.53 bits per heavy atom. The van der Waals surface area contributed by atoms with Gasteiger partial charge in [-0.2, -0.15) is 15.8 Å². The van der Waals surface area contributed by atoms with Crippen molar-refractivity contribution in [3.8, 4) is 18.2 Å². The van der Waals surface area contributed by atoms with Gasteiger partial charge in [0.05, 0.1) is 34.9 Å². The molecule has 180 valence electrons. The number of likely N-dealkylation sites (tertiary alicyclic amines) is 1. The molecule has 1 aliphatic heterocycles. The Morgan fingerprint density at radius 3 is 2.11 bits per heavy atom. The Labute approximate surface area is 208 Å². The summed E-state index contributed by atoms with van der Waals surface area (Å²) in [5.41, 5.74) is 0.308. The van der Waals surface area contributed by atoms with E-state index in [2.05, 4.69) is 17.0 Å². The highest BCUT2D eigenvalue weighted by Crippen LogP contribution is 2.46. The van der Waals surface area contributed by atoms with Gasteiger partial charge in [-0.1, -0.05) is 24.3 Å². The number of benzene rings is 3. The van der Waals surface area contributed by atoms with E-state index < -0.39 is 28.8 Å². The van der Waals surface area contributed by atoms with E-state index in [-0.39, 0.29) is 17.5 Å². The lowest BCUT2D eigenvalue weighted by Crippen LogP contribution is -2.54. The lowest BCUT2D eigenvalue weighted by atomic mass is 9.71. The van der Waals surface area contributed by atoms with E-state index in [4.69, 9.17) is 5.26 Å². The van der Waals surface area contributed by atoms with E-state index >= 15 is 8.78 Å². The van der Waals surface area contributed by atoms with Crippen LogP contribution >= 0.6 is 0 Å². The molecule has 4 nitrogen and oxygen atoms in total. The van der Waals surface area contributed by atoms with Crippen LogP contribution in [-0.4, -0.2) is 23.7 Å². The van der Waals surface area contributed by atoms with Crippen molar-refractivity contribution in [3.63, 3.8) is 0 Å². The largest absolute Gasteiger partial charge is 0.292 e. The van der Waals surface area contributed by atoms with E-state index in [1.165, 1.54) is 13.8 Å². The molecule has 1 fully saturated rings. The first-order valence-electron chi connectivity index (χ1n) is 11.5. The van der Waals surface area contributed by atoms with Crippen molar-refractivity contribution in [1.82, 2.24) is 4.90 Å². The van der Waals surface area contributed by atoms with Gasteiger partial charge in [-0.3, -0.25) is 4.90 Å². The summed E-state index contributed by atoms with van der Waals surface area (Å²) in [5, 5.41) is 27.8. The lowest BCUT2D eigenvalue weighted by Gasteiger charge is -2.50. The van der Waals surface area contributed by atoms with Crippen LogP contribution in [0.2, 0.25) is 0 Å². The van der Waals surface area contributed by atoms with Crippen molar-refractivity contribution in [1.29, 1.82) is 15.8 Å². The molecule has 0 spiro atoms. The Hall–Kier alpha value is -4.12. The number of hydrogen-bond donors (Lipinski definition) is 0. The standard InChI is InChI=1S/C29H23F3N4/c1-29(2,32)26(25-12-24(30)11-22(15-35)27(25)31)23-16-36(17-23)28(20-8-6-18(13-33)7-9-20)21-5-3-4-19(10-21)14-34/h3-12,23,26,28H,16-17H2,1-2H3/t26-,28-/m0/s1. The van der Waals surface area contributed by atoms with Gasteiger partial charge in [-0.25, -0.2) is 13.2 Å². The van der Waals surface area contributed by atoms with Crippen LogP contribution in [0, 0.1) is 51.5 Å². The van der Waals surface area contributed by atoms with Gasteiger partial charge in [0.1, 0.15) is 23.4 Å². The number of nitriles is 3. The predicted octanol–water partition coefficient (Wildman–Crippen LogP) is 6.13. The summed E-state index contributed by atoms with van der Waals surface area (Å²) in [7, 11) is 0. The molecule has 36 heavy (non-hydrogen) atoms. The van der Waals surface area contributed by atoms with Crippen LogP contribution in [0.3, 0.4) is 0 Å². The summed E-state index contributed by atoms with van der Waals surface area (Å²) in [6.07, 6.45) is 0. The second-order valence-corrected chi connectivity index (χ2v) is 9.60. The molecule has 0 N–H and O–H groups in total. The zero-order valence-corrected chi connectivity index (χ0v) is 19.8. The highest BCUT2D eigenvalue weighted by Gasteiger charge is 2.46. The van der Waals surface area contributed by atoms with Crippen molar-refractivity contribution in [2.24, 2.45) is 5.92 Å². The Morgan fingerprint density at radius 1 is 0.861 bits per heavy atom. The summed E-state index contributed by atoms with van der Waals surface area (Å²) < 4.78 is 44.7. The van der Waals surface area contributed by atoms with Crippen LogP contribution in [-0.2, 0) is 0 Å². The molecule has 0 aromatic heterocycles. The monoisotopic (exact) mass is 484 g/mol. The normalized spacial score (nSPS) is 15.7. The zero-order chi connectivity index (χ0) is 26.0. The maximum Gasteiger partial charge on any atom is 0.144 e. The van der Waals surface area contributed by atoms with Crippen molar-refractivity contribution in [2.45, 2.75) is 31.5 Å². The van der Waals surface area contributed by atoms with Crippen molar-refractivity contribution < 1.29 is 13.2 Å². The number of rotatable bonds is 6. The van der Waals surface area contributed by atoms with Gasteiger partial charge in [-0.15, -0.1) is 0 Å². The fourth-order valence-electron chi connectivity index (χ4n) is 5.21. The Kier molecular flexibility index (Phi) is 6.84. The molecule has 0 radical (unpaired) electrons. The SMILES string of the molecule is CC(C)(F)[C@H](c1cc(F)cc(C#N)c1F)C1CN([C@@H](c2ccc(C#N)cc2)c2cccc(C#N)c2)C1. The molecule has 0 amide bonds. The van der Waals surface area contributed by atoms with Gasteiger partial charge in [0.2, 0.25) is 0 Å². The molecule has 7 heteroatoms. The van der Waals surface area contributed by atoms with E-state index in [0.717, 1.165) is 23.3 Å². The summed E-state index contributed by atoms with van der Waals surface area (Å²) in [6, 6.07) is 21.7. The summed E-state index contributed by atoms with van der Waals surface area (Å²) in [5.74, 6) is -2.98. The average molecular weight is 485 g/mol. The summed E-state index contributed by atoms with van der Waals surface area (Å²) in [6.45, 7) is 3.45. The third-order valence-electron chi connectivity index (χ3n) is 6.72. The third kappa shape index (κ3) is 4.82. The minimum absolute atomic E-state index is 0.134. The highest BCUT2D eigenvalue weighted by atomic mass is 19.1. The van der Waals surface area contributed by atoms with Crippen LogP contribution in [0.15, 0.2) is 60.7 Å². The topological polar surface area (TPSA) is 74.6 Å². The quantitative estimate of drug-likeness (QED) is 0.422. The van der Waals surface area contributed by atoms with Crippen LogP contribution in [0.4, 0.5) is 13.2 Å². The molecule has 3 aromatic rings. The van der Waals surface area contributed by atoms with E-state index in [0.29, 0.717) is 24.2 Å². The van der Waals surface area contributed by atoms with Gasteiger partial charge in [0, 0.05) is 19.0 Å². The molecule has 0 aliphatic carbocycles. The molecule has 3 aromatic carbocycles. The first-order valence-corrected chi connectivity index (χ1v) is 11.5.